The van der Waals surface area contributed by atoms with Crippen molar-refractivity contribution in [2.24, 2.45) is 0 Å². The van der Waals surface area contributed by atoms with Gasteiger partial charge in [0.2, 0.25) is 0 Å². The van der Waals surface area contributed by atoms with Crippen LogP contribution in [0.15, 0.2) is 24.3 Å². The van der Waals surface area contributed by atoms with E-state index in [1.807, 2.05) is 0 Å². The molecule has 0 aromatic heterocycles. The first-order valence-corrected chi connectivity index (χ1v) is 6.58. The third-order valence-corrected chi connectivity index (χ3v) is 2.97. The highest BCUT2D eigenvalue weighted by atomic mass is 31.2. The molecule has 1 aliphatic rings. The molecule has 0 spiro atoms. The van der Waals surface area contributed by atoms with Gasteiger partial charge in [0.05, 0.1) is 24.3 Å². The Labute approximate surface area is 102 Å². The van der Waals surface area contributed by atoms with Crippen LogP contribution >= 0.6 is 7.82 Å². The smallest absolute Gasteiger partial charge is 0.303 e. The lowest BCUT2D eigenvalue weighted by atomic mass is 10.1. The van der Waals surface area contributed by atoms with E-state index < -0.39 is 26.2 Å². The molecule has 2 N–H and O–H groups in total. The molecule has 1 aliphatic heterocycles. The normalized spacial score (nSPS) is 15.1. The molecule has 0 saturated carbocycles. The Hall–Kier alpha value is -1.53. The fourth-order valence-corrected chi connectivity index (χ4v) is 2.01. The molecule has 18 heavy (non-hydrogen) atoms. The maximum Gasteiger partial charge on any atom is 0.469 e. The van der Waals surface area contributed by atoms with Gasteiger partial charge in [0.25, 0.3) is 11.8 Å². The third-order valence-electron chi connectivity index (χ3n) is 2.45. The van der Waals surface area contributed by atoms with Crippen molar-refractivity contribution < 1.29 is 28.5 Å². The number of rotatable bonds is 4. The summed E-state index contributed by atoms with van der Waals surface area (Å²) in [6.45, 7) is -0.604. The summed E-state index contributed by atoms with van der Waals surface area (Å²) in [6.07, 6.45) is 0. The molecule has 2 rings (SSSR count). The van der Waals surface area contributed by atoms with Crippen molar-refractivity contribution in [3.8, 4) is 0 Å². The number of amides is 2. The van der Waals surface area contributed by atoms with Gasteiger partial charge in [0.15, 0.2) is 0 Å². The van der Waals surface area contributed by atoms with Crippen molar-refractivity contribution in [2.45, 2.75) is 0 Å². The minimum absolute atomic E-state index is 0.197. The van der Waals surface area contributed by atoms with Gasteiger partial charge < -0.3 is 9.79 Å². The van der Waals surface area contributed by atoms with E-state index in [2.05, 4.69) is 4.52 Å². The highest BCUT2D eigenvalue weighted by Gasteiger charge is 2.35. The van der Waals surface area contributed by atoms with E-state index in [4.69, 9.17) is 9.79 Å². The molecule has 0 radical (unpaired) electrons. The molecule has 1 heterocycles. The molecule has 7 nitrogen and oxygen atoms in total. The molecular weight excluding hydrogens is 261 g/mol. The van der Waals surface area contributed by atoms with Crippen molar-refractivity contribution in [3.63, 3.8) is 0 Å². The second-order valence-electron chi connectivity index (χ2n) is 3.63. The standard InChI is InChI=1S/C10H10NO6P/c12-9-7-3-1-2-4-8(7)10(13)11(9)5-6-17-18(14,15)16/h1-4H,5-6H2,(H2,14,15,16). The number of hydrogen-bond acceptors (Lipinski definition) is 4. The number of carbonyl (C=O) groups is 2. The fourth-order valence-electron chi connectivity index (χ4n) is 1.69. The molecule has 0 fully saturated rings. The first-order valence-electron chi connectivity index (χ1n) is 5.05. The predicted molar refractivity (Wildman–Crippen MR) is 59.8 cm³/mol. The molecule has 1 aromatic carbocycles. The predicted octanol–water partition coefficient (Wildman–Crippen LogP) is 0.392. The SMILES string of the molecule is O=C1c2ccccc2C(=O)N1CCOP(=O)(O)O. The van der Waals surface area contributed by atoms with Crippen LogP contribution in [0.5, 0.6) is 0 Å². The van der Waals surface area contributed by atoms with Crippen molar-refractivity contribution in [1.29, 1.82) is 0 Å². The summed E-state index contributed by atoms with van der Waals surface area (Å²) >= 11 is 0. The monoisotopic (exact) mass is 271 g/mol. The Morgan fingerprint density at radius 2 is 1.61 bits per heavy atom. The summed E-state index contributed by atoms with van der Waals surface area (Å²) in [6, 6.07) is 6.33. The second-order valence-corrected chi connectivity index (χ2v) is 4.87. The summed E-state index contributed by atoms with van der Waals surface area (Å²) in [5, 5.41) is 0. The fraction of sp³-hybridized carbons (Fsp3) is 0.200. The molecule has 0 aliphatic carbocycles. The zero-order valence-corrected chi connectivity index (χ0v) is 10.0. The van der Waals surface area contributed by atoms with Gasteiger partial charge in [-0.25, -0.2) is 4.57 Å². The van der Waals surface area contributed by atoms with Gasteiger partial charge in [0, 0.05) is 0 Å². The van der Waals surface area contributed by atoms with Crippen molar-refractivity contribution in [1.82, 2.24) is 4.90 Å². The van der Waals surface area contributed by atoms with E-state index >= 15 is 0 Å². The topological polar surface area (TPSA) is 104 Å². The molecule has 0 bridgehead atoms. The van der Waals surface area contributed by atoms with E-state index in [0.29, 0.717) is 11.1 Å². The Morgan fingerprint density at radius 1 is 1.11 bits per heavy atom. The maximum atomic E-state index is 11.8. The molecule has 0 unspecified atom stereocenters. The minimum atomic E-state index is -4.58. The third kappa shape index (κ3) is 2.49. The highest BCUT2D eigenvalue weighted by Crippen LogP contribution is 2.35. The number of benzene rings is 1. The van der Waals surface area contributed by atoms with E-state index in [0.717, 1.165) is 4.90 Å². The van der Waals surface area contributed by atoms with Crippen molar-refractivity contribution in [2.75, 3.05) is 13.2 Å². The molecule has 8 heteroatoms. The number of phosphoric acid groups is 1. The highest BCUT2D eigenvalue weighted by molar-refractivity contribution is 7.46. The minimum Gasteiger partial charge on any atom is -0.303 e. The van der Waals surface area contributed by atoms with Crippen LogP contribution in [0.2, 0.25) is 0 Å². The quantitative estimate of drug-likeness (QED) is 0.606. The zero-order chi connectivity index (χ0) is 13.3. The average molecular weight is 271 g/mol. The Bertz CT molecular complexity index is 516. The van der Waals surface area contributed by atoms with Crippen LogP contribution in [0.3, 0.4) is 0 Å². The van der Waals surface area contributed by atoms with E-state index in [1.165, 1.54) is 12.1 Å². The number of imide groups is 1. The largest absolute Gasteiger partial charge is 0.469 e. The molecule has 0 atom stereocenters. The molecule has 0 saturated heterocycles. The Kier molecular flexibility index (Phi) is 3.32. The first kappa shape index (κ1) is 12.9. The summed E-state index contributed by atoms with van der Waals surface area (Å²) in [5.74, 6) is -0.963. The Morgan fingerprint density at radius 3 is 2.06 bits per heavy atom. The number of nitrogens with zero attached hydrogens (tertiary/aromatic N) is 1. The van der Waals surface area contributed by atoms with Crippen LogP contribution in [0.1, 0.15) is 20.7 Å². The van der Waals surface area contributed by atoms with Gasteiger partial charge in [-0.3, -0.25) is 19.0 Å². The lowest BCUT2D eigenvalue weighted by Crippen LogP contribution is -2.32. The lowest BCUT2D eigenvalue weighted by Gasteiger charge is -2.13. The number of carbonyl (C=O) groups excluding carboxylic acids is 2. The Balaban J connectivity index is 2.07. The van der Waals surface area contributed by atoms with Gasteiger partial charge in [-0.2, -0.15) is 0 Å². The maximum absolute atomic E-state index is 11.8. The van der Waals surface area contributed by atoms with Crippen LogP contribution in [0.4, 0.5) is 0 Å². The zero-order valence-electron chi connectivity index (χ0n) is 9.15. The van der Waals surface area contributed by atoms with E-state index in [-0.39, 0.29) is 6.54 Å². The van der Waals surface area contributed by atoms with Crippen LogP contribution < -0.4 is 0 Å². The van der Waals surface area contributed by atoms with Gasteiger partial charge in [0.1, 0.15) is 0 Å². The second kappa shape index (κ2) is 4.62. The average Bonchev–Trinajstić information content (AvgIpc) is 2.53. The van der Waals surface area contributed by atoms with Gasteiger partial charge in [-0.05, 0) is 12.1 Å². The summed E-state index contributed by atoms with van der Waals surface area (Å²) in [5.41, 5.74) is 0.581. The first-order chi connectivity index (χ1) is 8.40. The number of hydrogen-bond donors (Lipinski definition) is 2. The van der Waals surface area contributed by atoms with Crippen LogP contribution in [-0.2, 0) is 9.09 Å². The molecule has 96 valence electrons. The van der Waals surface area contributed by atoms with Gasteiger partial charge in [-0.15, -0.1) is 0 Å². The number of fused-ring (bicyclic) bond motifs is 1. The van der Waals surface area contributed by atoms with E-state index in [9.17, 15) is 14.2 Å². The van der Waals surface area contributed by atoms with Crippen molar-refractivity contribution >= 4 is 19.6 Å². The van der Waals surface area contributed by atoms with E-state index in [1.54, 1.807) is 12.1 Å². The van der Waals surface area contributed by atoms with Crippen LogP contribution in [-0.4, -0.2) is 39.7 Å². The molecular formula is C10H10NO6P. The van der Waals surface area contributed by atoms with Crippen molar-refractivity contribution in [3.05, 3.63) is 35.4 Å². The van der Waals surface area contributed by atoms with Crippen LogP contribution in [0, 0.1) is 0 Å². The summed E-state index contributed by atoms with van der Waals surface area (Å²) < 4.78 is 14.7. The summed E-state index contributed by atoms with van der Waals surface area (Å²) in [7, 11) is -4.58. The molecule has 2 amide bonds. The lowest BCUT2D eigenvalue weighted by molar-refractivity contribution is 0.0617. The summed E-state index contributed by atoms with van der Waals surface area (Å²) in [4.78, 5) is 41.5. The van der Waals surface area contributed by atoms with Gasteiger partial charge in [-0.1, -0.05) is 12.1 Å². The van der Waals surface area contributed by atoms with Crippen LogP contribution in [0.25, 0.3) is 0 Å². The van der Waals surface area contributed by atoms with Gasteiger partial charge >= 0.3 is 7.82 Å². The number of phosphoric ester groups is 1. The molecule has 1 aromatic rings.